The van der Waals surface area contributed by atoms with Gasteiger partial charge in [-0.1, -0.05) is 48.5 Å². The smallest absolute Gasteiger partial charge is 0.254 e. The zero-order valence-corrected chi connectivity index (χ0v) is 18.1. The van der Waals surface area contributed by atoms with Crippen LogP contribution in [0.1, 0.15) is 44.9 Å². The SMILES string of the molecule is Cc1nc2c(C(N)=O)cnn2c(C)c1CCC(=O)Nc1ccccc1Cc1ccccc1. The third-order valence-corrected chi connectivity index (χ3v) is 5.60. The highest BCUT2D eigenvalue weighted by Gasteiger charge is 2.17. The van der Waals surface area contributed by atoms with Gasteiger partial charge < -0.3 is 11.1 Å². The van der Waals surface area contributed by atoms with E-state index < -0.39 is 5.91 Å². The second-order valence-electron chi connectivity index (χ2n) is 7.79. The Kier molecular flexibility index (Phi) is 5.98. The van der Waals surface area contributed by atoms with Crippen LogP contribution in [-0.2, 0) is 17.6 Å². The van der Waals surface area contributed by atoms with Gasteiger partial charge in [-0.2, -0.15) is 5.10 Å². The van der Waals surface area contributed by atoms with E-state index in [1.165, 1.54) is 11.8 Å². The number of nitrogens with one attached hydrogen (secondary N) is 1. The number of carbonyl (C=O) groups excluding carboxylic acids is 2. The van der Waals surface area contributed by atoms with E-state index in [1.807, 2.05) is 56.3 Å². The molecule has 0 saturated heterocycles. The predicted molar refractivity (Wildman–Crippen MR) is 124 cm³/mol. The van der Waals surface area contributed by atoms with Crippen LogP contribution < -0.4 is 11.1 Å². The largest absolute Gasteiger partial charge is 0.365 e. The van der Waals surface area contributed by atoms with Crippen LogP contribution in [0.3, 0.4) is 0 Å². The van der Waals surface area contributed by atoms with Gasteiger partial charge in [0.1, 0.15) is 5.56 Å². The Bertz CT molecular complexity index is 1290. The molecule has 0 bridgehead atoms. The zero-order chi connectivity index (χ0) is 22.7. The highest BCUT2D eigenvalue weighted by Crippen LogP contribution is 2.21. The number of carbonyl (C=O) groups is 2. The second kappa shape index (κ2) is 9.01. The minimum atomic E-state index is -0.562. The van der Waals surface area contributed by atoms with E-state index in [1.54, 1.807) is 4.52 Å². The topological polar surface area (TPSA) is 102 Å². The molecule has 0 spiro atoms. The third kappa shape index (κ3) is 4.37. The lowest BCUT2D eigenvalue weighted by Gasteiger charge is -2.13. The molecule has 2 heterocycles. The van der Waals surface area contributed by atoms with Gasteiger partial charge in [0, 0.05) is 23.5 Å². The fraction of sp³-hybridized carbons (Fsp3) is 0.200. The van der Waals surface area contributed by atoms with Gasteiger partial charge in [-0.3, -0.25) is 9.59 Å². The molecular formula is C25H25N5O2. The molecule has 0 aliphatic heterocycles. The number of aromatic nitrogens is 3. The lowest BCUT2D eigenvalue weighted by atomic mass is 10.0. The lowest BCUT2D eigenvalue weighted by molar-refractivity contribution is -0.116. The summed E-state index contributed by atoms with van der Waals surface area (Å²) in [5.41, 5.74) is 11.8. The Balaban J connectivity index is 1.48. The lowest BCUT2D eigenvalue weighted by Crippen LogP contribution is -2.16. The van der Waals surface area contributed by atoms with Crippen molar-refractivity contribution in [3.8, 4) is 0 Å². The fourth-order valence-electron chi connectivity index (χ4n) is 3.91. The Morgan fingerprint density at radius 2 is 1.75 bits per heavy atom. The molecule has 0 unspecified atom stereocenters. The van der Waals surface area contributed by atoms with E-state index in [9.17, 15) is 9.59 Å². The molecule has 0 fully saturated rings. The Hall–Kier alpha value is -4.00. The maximum Gasteiger partial charge on any atom is 0.254 e. The van der Waals surface area contributed by atoms with E-state index in [0.29, 0.717) is 18.5 Å². The first-order chi connectivity index (χ1) is 15.4. The molecule has 0 aliphatic carbocycles. The molecule has 3 N–H and O–H groups in total. The number of amides is 2. The minimum absolute atomic E-state index is 0.0669. The maximum absolute atomic E-state index is 12.8. The normalized spacial score (nSPS) is 10.9. The number of aryl methyl sites for hydroxylation is 2. The molecule has 162 valence electrons. The van der Waals surface area contributed by atoms with Crippen molar-refractivity contribution >= 4 is 23.1 Å². The number of rotatable bonds is 7. The van der Waals surface area contributed by atoms with Crippen LogP contribution in [0.5, 0.6) is 0 Å². The van der Waals surface area contributed by atoms with Crippen LogP contribution in [0, 0.1) is 13.8 Å². The molecule has 7 heteroatoms. The number of hydrogen-bond donors (Lipinski definition) is 2. The highest BCUT2D eigenvalue weighted by atomic mass is 16.2. The van der Waals surface area contributed by atoms with Gasteiger partial charge in [0.25, 0.3) is 5.91 Å². The fourth-order valence-corrected chi connectivity index (χ4v) is 3.91. The van der Waals surface area contributed by atoms with Gasteiger partial charge in [-0.25, -0.2) is 9.50 Å². The molecule has 0 atom stereocenters. The van der Waals surface area contributed by atoms with E-state index in [-0.39, 0.29) is 11.5 Å². The first-order valence-corrected chi connectivity index (χ1v) is 10.5. The molecule has 2 aromatic carbocycles. The molecule has 2 amide bonds. The summed E-state index contributed by atoms with van der Waals surface area (Å²) in [7, 11) is 0. The summed E-state index contributed by atoms with van der Waals surface area (Å²) in [5, 5.41) is 7.29. The number of benzene rings is 2. The number of anilines is 1. The third-order valence-electron chi connectivity index (χ3n) is 5.60. The van der Waals surface area contributed by atoms with Crippen LogP contribution in [0.2, 0.25) is 0 Å². The average Bonchev–Trinajstić information content (AvgIpc) is 3.20. The van der Waals surface area contributed by atoms with Gasteiger partial charge >= 0.3 is 0 Å². The Labute approximate surface area is 186 Å². The number of nitrogens with two attached hydrogens (primary N) is 1. The zero-order valence-electron chi connectivity index (χ0n) is 18.1. The Morgan fingerprint density at radius 3 is 2.50 bits per heavy atom. The molecule has 0 saturated carbocycles. The molecule has 0 radical (unpaired) electrons. The van der Waals surface area contributed by atoms with Crippen molar-refractivity contribution in [2.24, 2.45) is 5.73 Å². The van der Waals surface area contributed by atoms with Gasteiger partial charge in [0.15, 0.2) is 5.65 Å². The second-order valence-corrected chi connectivity index (χ2v) is 7.79. The van der Waals surface area contributed by atoms with Crippen molar-refractivity contribution in [3.05, 3.63) is 94.4 Å². The van der Waals surface area contributed by atoms with Crippen molar-refractivity contribution in [3.63, 3.8) is 0 Å². The minimum Gasteiger partial charge on any atom is -0.365 e. The van der Waals surface area contributed by atoms with E-state index in [2.05, 4.69) is 27.5 Å². The first kappa shape index (κ1) is 21.2. The van der Waals surface area contributed by atoms with E-state index in [0.717, 1.165) is 34.6 Å². The molecule has 32 heavy (non-hydrogen) atoms. The monoisotopic (exact) mass is 427 g/mol. The summed E-state index contributed by atoms with van der Waals surface area (Å²) >= 11 is 0. The standard InChI is InChI=1S/C25H25N5O2/c1-16-20(17(2)30-25(28-16)21(15-27-30)24(26)32)12-13-23(31)29-22-11-7-6-10-19(22)14-18-8-4-3-5-9-18/h3-11,15H,12-14H2,1-2H3,(H2,26,32)(H,29,31). The van der Waals surface area contributed by atoms with Crippen molar-refractivity contribution in [2.45, 2.75) is 33.1 Å². The maximum atomic E-state index is 12.8. The van der Waals surface area contributed by atoms with Crippen molar-refractivity contribution in [2.75, 3.05) is 5.32 Å². The summed E-state index contributed by atoms with van der Waals surface area (Å²) < 4.78 is 1.61. The number of hydrogen-bond acceptors (Lipinski definition) is 4. The molecular weight excluding hydrogens is 402 g/mol. The van der Waals surface area contributed by atoms with Gasteiger partial charge in [0.05, 0.1) is 6.20 Å². The van der Waals surface area contributed by atoms with Gasteiger partial charge in [0.2, 0.25) is 5.91 Å². The highest BCUT2D eigenvalue weighted by molar-refractivity contribution is 5.98. The average molecular weight is 428 g/mol. The number of fused-ring (bicyclic) bond motifs is 1. The number of primary amides is 1. The van der Waals surface area contributed by atoms with Gasteiger partial charge in [-0.05, 0) is 49.4 Å². The molecule has 7 nitrogen and oxygen atoms in total. The predicted octanol–water partition coefficient (Wildman–Crippen LogP) is 3.61. The van der Waals surface area contributed by atoms with E-state index >= 15 is 0 Å². The van der Waals surface area contributed by atoms with E-state index in [4.69, 9.17) is 5.73 Å². The molecule has 0 aliphatic rings. The summed E-state index contributed by atoms with van der Waals surface area (Å²) in [6.07, 6.45) is 2.99. The van der Waals surface area contributed by atoms with Crippen molar-refractivity contribution in [1.82, 2.24) is 14.6 Å². The molecule has 4 rings (SSSR count). The van der Waals surface area contributed by atoms with Crippen LogP contribution >= 0.6 is 0 Å². The van der Waals surface area contributed by atoms with Gasteiger partial charge in [-0.15, -0.1) is 0 Å². The van der Waals surface area contributed by atoms with Crippen molar-refractivity contribution in [1.29, 1.82) is 0 Å². The van der Waals surface area contributed by atoms with Crippen LogP contribution in [0.15, 0.2) is 60.8 Å². The summed E-state index contributed by atoms with van der Waals surface area (Å²) in [6, 6.07) is 18.0. The summed E-state index contributed by atoms with van der Waals surface area (Å²) in [4.78, 5) is 28.9. The molecule has 4 aromatic rings. The number of para-hydroxylation sites is 1. The summed E-state index contributed by atoms with van der Waals surface area (Å²) in [6.45, 7) is 3.77. The quantitative estimate of drug-likeness (QED) is 0.470. The summed E-state index contributed by atoms with van der Waals surface area (Å²) in [5.74, 6) is -0.629. The van der Waals surface area contributed by atoms with Crippen LogP contribution in [0.4, 0.5) is 5.69 Å². The van der Waals surface area contributed by atoms with Crippen LogP contribution in [0.25, 0.3) is 5.65 Å². The molecule has 2 aromatic heterocycles. The van der Waals surface area contributed by atoms with Crippen molar-refractivity contribution < 1.29 is 9.59 Å². The van der Waals surface area contributed by atoms with Crippen LogP contribution in [-0.4, -0.2) is 26.4 Å². The Morgan fingerprint density at radius 1 is 1.03 bits per heavy atom. The first-order valence-electron chi connectivity index (χ1n) is 10.5. The number of nitrogens with zero attached hydrogens (tertiary/aromatic N) is 3.